The van der Waals surface area contributed by atoms with Crippen molar-refractivity contribution in [3.05, 3.63) is 53.6 Å². The molecule has 0 spiro atoms. The molecule has 0 saturated carbocycles. The molecular weight excluding hydrogens is 364 g/mol. The lowest BCUT2D eigenvalue weighted by atomic mass is 10.1. The van der Waals surface area contributed by atoms with Crippen molar-refractivity contribution >= 4 is 21.6 Å². The van der Waals surface area contributed by atoms with Gasteiger partial charge in [0.1, 0.15) is 5.75 Å². The normalized spacial score (nSPS) is 12.4. The Hall–Kier alpha value is -2.38. The Morgan fingerprint density at radius 2 is 1.74 bits per heavy atom. The second-order valence-corrected chi connectivity index (χ2v) is 8.25. The van der Waals surface area contributed by atoms with E-state index in [0.29, 0.717) is 17.9 Å². The van der Waals surface area contributed by atoms with Crippen LogP contribution in [-0.2, 0) is 14.8 Å². The summed E-state index contributed by atoms with van der Waals surface area (Å²) in [5, 5.41) is 2.77. The minimum Gasteiger partial charge on any atom is -0.484 e. The molecule has 0 aliphatic carbocycles. The topological polar surface area (TPSA) is 84.5 Å². The van der Waals surface area contributed by atoms with Crippen molar-refractivity contribution in [2.24, 2.45) is 0 Å². The molecule has 0 aromatic heterocycles. The van der Waals surface area contributed by atoms with Gasteiger partial charge in [-0.25, -0.2) is 13.1 Å². The molecule has 0 unspecified atom stereocenters. The third kappa shape index (κ3) is 6.08. The zero-order valence-electron chi connectivity index (χ0n) is 16.1. The van der Waals surface area contributed by atoms with Gasteiger partial charge in [-0.3, -0.25) is 4.79 Å². The zero-order chi connectivity index (χ0) is 20.0. The first-order valence-electron chi connectivity index (χ1n) is 8.83. The van der Waals surface area contributed by atoms with Gasteiger partial charge in [0.2, 0.25) is 10.0 Å². The van der Waals surface area contributed by atoms with Crippen LogP contribution in [0.25, 0.3) is 0 Å². The number of rotatable bonds is 8. The quantitative estimate of drug-likeness (QED) is 0.723. The van der Waals surface area contributed by atoms with Crippen LogP contribution in [-0.4, -0.2) is 27.0 Å². The largest absolute Gasteiger partial charge is 0.484 e. The highest BCUT2D eigenvalue weighted by Gasteiger charge is 2.16. The third-order valence-corrected chi connectivity index (χ3v) is 5.87. The van der Waals surface area contributed by atoms with E-state index < -0.39 is 10.0 Å². The SMILES string of the molecule is CC[C@@H](C)NS(=O)(=O)c1ccc(OCC(=O)Nc2ccc(C)c(C)c2)cc1. The van der Waals surface area contributed by atoms with E-state index in [1.807, 2.05) is 45.9 Å². The number of sulfonamides is 1. The standard InChI is InChI=1S/C20H26N2O4S/c1-5-16(4)22-27(24,25)19-10-8-18(9-11-19)26-13-20(23)21-17-7-6-14(2)15(3)12-17/h6-12,16,22H,5,13H2,1-4H3,(H,21,23)/t16-/m1/s1. The summed E-state index contributed by atoms with van der Waals surface area (Å²) >= 11 is 0. The van der Waals surface area contributed by atoms with Crippen LogP contribution in [0.2, 0.25) is 0 Å². The Bertz CT molecular complexity index is 893. The van der Waals surface area contributed by atoms with Gasteiger partial charge in [-0.15, -0.1) is 0 Å². The summed E-state index contributed by atoms with van der Waals surface area (Å²) in [6.07, 6.45) is 0.704. The van der Waals surface area contributed by atoms with E-state index >= 15 is 0 Å². The predicted molar refractivity (Wildman–Crippen MR) is 107 cm³/mol. The maximum absolute atomic E-state index is 12.2. The molecule has 2 rings (SSSR count). The summed E-state index contributed by atoms with van der Waals surface area (Å²) in [6.45, 7) is 7.54. The molecule has 1 atom stereocenters. The second kappa shape index (κ2) is 9.01. The first-order valence-corrected chi connectivity index (χ1v) is 10.3. The van der Waals surface area contributed by atoms with Gasteiger partial charge < -0.3 is 10.1 Å². The number of ether oxygens (including phenoxy) is 1. The van der Waals surface area contributed by atoms with E-state index in [-0.39, 0.29) is 23.5 Å². The van der Waals surface area contributed by atoms with Crippen LogP contribution in [0.4, 0.5) is 5.69 Å². The van der Waals surface area contributed by atoms with Crippen molar-refractivity contribution < 1.29 is 17.9 Å². The zero-order valence-corrected chi connectivity index (χ0v) is 16.9. The van der Waals surface area contributed by atoms with Crippen molar-refractivity contribution in [2.75, 3.05) is 11.9 Å². The van der Waals surface area contributed by atoms with Gasteiger partial charge in [0.25, 0.3) is 5.91 Å². The highest BCUT2D eigenvalue weighted by Crippen LogP contribution is 2.17. The van der Waals surface area contributed by atoms with Gasteiger partial charge in [-0.05, 0) is 74.7 Å². The Morgan fingerprint density at radius 3 is 2.33 bits per heavy atom. The highest BCUT2D eigenvalue weighted by atomic mass is 32.2. The van der Waals surface area contributed by atoms with E-state index in [0.717, 1.165) is 11.1 Å². The number of aryl methyl sites for hydroxylation is 2. The molecule has 0 fully saturated rings. The lowest BCUT2D eigenvalue weighted by Gasteiger charge is -2.13. The molecule has 1 amide bonds. The van der Waals surface area contributed by atoms with Gasteiger partial charge in [0.15, 0.2) is 6.61 Å². The number of nitrogens with one attached hydrogen (secondary N) is 2. The van der Waals surface area contributed by atoms with Gasteiger partial charge in [-0.1, -0.05) is 13.0 Å². The fourth-order valence-electron chi connectivity index (χ4n) is 2.30. The number of amides is 1. The van der Waals surface area contributed by atoms with Crippen LogP contribution in [0.1, 0.15) is 31.4 Å². The molecule has 2 aromatic carbocycles. The van der Waals surface area contributed by atoms with Crippen LogP contribution in [0.15, 0.2) is 47.4 Å². The number of benzene rings is 2. The van der Waals surface area contributed by atoms with Crippen LogP contribution in [0.3, 0.4) is 0 Å². The van der Waals surface area contributed by atoms with Gasteiger partial charge >= 0.3 is 0 Å². The van der Waals surface area contributed by atoms with Gasteiger partial charge in [-0.2, -0.15) is 0 Å². The molecule has 2 N–H and O–H groups in total. The van der Waals surface area contributed by atoms with E-state index in [2.05, 4.69) is 10.0 Å². The number of carbonyl (C=O) groups is 1. The Balaban J connectivity index is 1.92. The number of anilines is 1. The first kappa shape index (κ1) is 20.9. The molecule has 6 nitrogen and oxygen atoms in total. The van der Waals surface area contributed by atoms with Crippen LogP contribution >= 0.6 is 0 Å². The van der Waals surface area contributed by atoms with Gasteiger partial charge in [0, 0.05) is 11.7 Å². The average Bonchev–Trinajstić information content (AvgIpc) is 2.63. The highest BCUT2D eigenvalue weighted by molar-refractivity contribution is 7.89. The molecule has 146 valence electrons. The van der Waals surface area contributed by atoms with E-state index in [9.17, 15) is 13.2 Å². The van der Waals surface area contributed by atoms with Crippen LogP contribution in [0.5, 0.6) is 5.75 Å². The number of hydrogen-bond donors (Lipinski definition) is 2. The maximum atomic E-state index is 12.2. The summed E-state index contributed by atoms with van der Waals surface area (Å²) in [5.41, 5.74) is 2.96. The second-order valence-electron chi connectivity index (χ2n) is 6.54. The summed E-state index contributed by atoms with van der Waals surface area (Å²) in [5.74, 6) is 0.140. The van der Waals surface area contributed by atoms with Crippen LogP contribution < -0.4 is 14.8 Å². The molecular formula is C20H26N2O4S. The summed E-state index contributed by atoms with van der Waals surface area (Å²) in [4.78, 5) is 12.2. The molecule has 0 radical (unpaired) electrons. The number of hydrogen-bond acceptors (Lipinski definition) is 4. The van der Waals surface area contributed by atoms with Crippen LogP contribution in [0, 0.1) is 13.8 Å². The van der Waals surface area contributed by atoms with Crippen molar-refractivity contribution in [1.82, 2.24) is 4.72 Å². The number of carbonyl (C=O) groups excluding carboxylic acids is 1. The van der Waals surface area contributed by atoms with Crippen molar-refractivity contribution in [1.29, 1.82) is 0 Å². The van der Waals surface area contributed by atoms with E-state index in [4.69, 9.17) is 4.74 Å². The summed E-state index contributed by atoms with van der Waals surface area (Å²) in [6, 6.07) is 11.5. The molecule has 7 heteroatoms. The minimum atomic E-state index is -3.55. The summed E-state index contributed by atoms with van der Waals surface area (Å²) < 4.78 is 32.5. The fourth-order valence-corrected chi connectivity index (χ4v) is 3.62. The first-order chi connectivity index (χ1) is 12.7. The monoisotopic (exact) mass is 390 g/mol. The van der Waals surface area contributed by atoms with Gasteiger partial charge in [0.05, 0.1) is 4.90 Å². The molecule has 27 heavy (non-hydrogen) atoms. The maximum Gasteiger partial charge on any atom is 0.262 e. The van der Waals surface area contributed by atoms with Crippen molar-refractivity contribution in [3.63, 3.8) is 0 Å². The Kier molecular flexibility index (Phi) is 6.98. The Labute approximate surface area is 161 Å². The average molecular weight is 391 g/mol. The Morgan fingerprint density at radius 1 is 1.07 bits per heavy atom. The van der Waals surface area contributed by atoms with Crippen molar-refractivity contribution in [2.45, 2.75) is 45.1 Å². The van der Waals surface area contributed by atoms with E-state index in [1.165, 1.54) is 24.3 Å². The third-order valence-electron chi connectivity index (χ3n) is 4.26. The van der Waals surface area contributed by atoms with E-state index in [1.54, 1.807) is 0 Å². The van der Waals surface area contributed by atoms with Crippen molar-refractivity contribution in [3.8, 4) is 5.75 Å². The molecule has 0 aliphatic heterocycles. The molecule has 0 heterocycles. The molecule has 0 aliphatic rings. The minimum absolute atomic E-state index is 0.139. The fraction of sp³-hybridized carbons (Fsp3) is 0.350. The smallest absolute Gasteiger partial charge is 0.262 e. The molecule has 0 bridgehead atoms. The summed E-state index contributed by atoms with van der Waals surface area (Å²) in [7, 11) is -3.55. The molecule has 2 aromatic rings. The lowest BCUT2D eigenvalue weighted by Crippen LogP contribution is -2.31. The lowest BCUT2D eigenvalue weighted by molar-refractivity contribution is -0.118. The predicted octanol–water partition coefficient (Wildman–Crippen LogP) is 3.40. The molecule has 0 saturated heterocycles.